The van der Waals surface area contributed by atoms with E-state index in [9.17, 15) is 10.2 Å². The lowest BCUT2D eigenvalue weighted by Crippen LogP contribution is -1.84. The normalized spacial score (nSPS) is 11.3. The van der Waals surface area contributed by atoms with Crippen molar-refractivity contribution in [2.24, 2.45) is 0 Å². The van der Waals surface area contributed by atoms with Gasteiger partial charge in [0, 0.05) is 5.56 Å². The zero-order valence-corrected chi connectivity index (χ0v) is 14.6. The van der Waals surface area contributed by atoms with Crippen LogP contribution in [0.15, 0.2) is 48.6 Å². The summed E-state index contributed by atoms with van der Waals surface area (Å²) in [6.07, 6.45) is 10.9. The van der Waals surface area contributed by atoms with Crippen LogP contribution in [0.5, 0.6) is 23.0 Å². The minimum Gasteiger partial charge on any atom is -0.507 e. The van der Waals surface area contributed by atoms with Crippen LogP contribution in [-0.4, -0.2) is 24.4 Å². The van der Waals surface area contributed by atoms with E-state index in [2.05, 4.69) is 6.08 Å². The van der Waals surface area contributed by atoms with Crippen molar-refractivity contribution in [2.45, 2.75) is 19.3 Å². The molecule has 4 heteroatoms. The summed E-state index contributed by atoms with van der Waals surface area (Å²) in [6, 6.07) is 10.5. The number of ether oxygens (including phenoxy) is 2. The molecule has 2 aromatic rings. The van der Waals surface area contributed by atoms with E-state index < -0.39 is 0 Å². The van der Waals surface area contributed by atoms with Gasteiger partial charge in [-0.3, -0.25) is 0 Å². The van der Waals surface area contributed by atoms with Crippen LogP contribution in [0, 0.1) is 0 Å². The fourth-order valence-corrected chi connectivity index (χ4v) is 2.37. The van der Waals surface area contributed by atoms with Crippen molar-refractivity contribution in [2.75, 3.05) is 14.2 Å². The SMILES string of the molecule is COc1ccc(O)c(/C=C/CCC/C=C/c2ccc(O)c(OC)c2)c1. The number of allylic oxidation sites excluding steroid dienone is 2. The van der Waals surface area contributed by atoms with Gasteiger partial charge in [-0.1, -0.05) is 30.4 Å². The van der Waals surface area contributed by atoms with Crippen LogP contribution in [0.3, 0.4) is 0 Å². The molecule has 0 spiro atoms. The third-order valence-electron chi connectivity index (χ3n) is 3.79. The number of rotatable bonds is 8. The highest BCUT2D eigenvalue weighted by Crippen LogP contribution is 2.27. The molecule has 0 aromatic heterocycles. The van der Waals surface area contributed by atoms with Gasteiger partial charge >= 0.3 is 0 Å². The van der Waals surface area contributed by atoms with Crippen molar-refractivity contribution in [3.8, 4) is 23.0 Å². The van der Waals surface area contributed by atoms with Crippen molar-refractivity contribution in [1.82, 2.24) is 0 Å². The number of phenols is 2. The summed E-state index contributed by atoms with van der Waals surface area (Å²) in [5.41, 5.74) is 1.75. The maximum absolute atomic E-state index is 9.81. The van der Waals surface area contributed by atoms with Gasteiger partial charge in [0.05, 0.1) is 14.2 Å². The molecular weight excluding hydrogens is 316 g/mol. The molecule has 0 aliphatic rings. The summed E-state index contributed by atoms with van der Waals surface area (Å²) in [7, 11) is 3.14. The molecular formula is C21H24O4. The molecule has 0 aliphatic heterocycles. The highest BCUT2D eigenvalue weighted by molar-refractivity contribution is 5.59. The molecule has 0 bridgehead atoms. The van der Waals surface area contributed by atoms with Crippen LogP contribution in [0.25, 0.3) is 12.2 Å². The van der Waals surface area contributed by atoms with Crippen LogP contribution in [-0.2, 0) is 0 Å². The molecule has 2 aromatic carbocycles. The van der Waals surface area contributed by atoms with Gasteiger partial charge in [-0.05, 0) is 55.2 Å². The van der Waals surface area contributed by atoms with Crippen molar-refractivity contribution in [3.63, 3.8) is 0 Å². The first-order valence-corrected chi connectivity index (χ1v) is 8.21. The third kappa shape index (κ3) is 5.60. The number of benzene rings is 2. The van der Waals surface area contributed by atoms with E-state index in [1.807, 2.05) is 30.4 Å². The molecule has 4 nitrogen and oxygen atoms in total. The highest BCUT2D eigenvalue weighted by Gasteiger charge is 2.00. The molecule has 0 atom stereocenters. The lowest BCUT2D eigenvalue weighted by molar-refractivity contribution is 0.373. The fourth-order valence-electron chi connectivity index (χ4n) is 2.37. The largest absolute Gasteiger partial charge is 0.507 e. The van der Waals surface area contributed by atoms with Crippen LogP contribution < -0.4 is 9.47 Å². The van der Waals surface area contributed by atoms with Gasteiger partial charge in [-0.25, -0.2) is 0 Å². The number of methoxy groups -OCH3 is 2. The topological polar surface area (TPSA) is 58.9 Å². The Morgan fingerprint density at radius 2 is 1.56 bits per heavy atom. The van der Waals surface area contributed by atoms with Crippen molar-refractivity contribution in [1.29, 1.82) is 0 Å². The van der Waals surface area contributed by atoms with Crippen molar-refractivity contribution in [3.05, 3.63) is 59.7 Å². The quantitative estimate of drug-likeness (QED) is 0.663. The van der Waals surface area contributed by atoms with Crippen LogP contribution >= 0.6 is 0 Å². The Hall–Kier alpha value is -2.88. The lowest BCUT2D eigenvalue weighted by atomic mass is 10.1. The summed E-state index contributed by atoms with van der Waals surface area (Å²) in [5, 5.41) is 19.4. The molecule has 132 valence electrons. The Balaban J connectivity index is 1.80. The Morgan fingerprint density at radius 1 is 0.840 bits per heavy atom. The Bertz CT molecular complexity index is 748. The molecule has 0 saturated heterocycles. The van der Waals surface area contributed by atoms with E-state index in [-0.39, 0.29) is 11.5 Å². The summed E-state index contributed by atoms with van der Waals surface area (Å²) in [6.45, 7) is 0. The minimum absolute atomic E-state index is 0.144. The summed E-state index contributed by atoms with van der Waals surface area (Å²) in [4.78, 5) is 0. The molecule has 0 unspecified atom stereocenters. The number of hydrogen-bond donors (Lipinski definition) is 2. The van der Waals surface area contributed by atoms with Crippen molar-refractivity contribution >= 4 is 12.2 Å². The van der Waals surface area contributed by atoms with Crippen LogP contribution in [0.1, 0.15) is 30.4 Å². The zero-order chi connectivity index (χ0) is 18.1. The molecule has 0 saturated carbocycles. The standard InChI is InChI=1S/C21H24O4/c1-24-18-11-13-19(22)17(15-18)9-7-5-3-4-6-8-16-10-12-20(23)21(14-16)25-2/h6-15,22-23H,3-5H2,1-2H3/b8-6+,9-7+. The molecule has 25 heavy (non-hydrogen) atoms. The lowest BCUT2D eigenvalue weighted by Gasteiger charge is -2.03. The molecule has 2 N–H and O–H groups in total. The second-order valence-electron chi connectivity index (χ2n) is 5.59. The summed E-state index contributed by atoms with van der Waals surface area (Å²) >= 11 is 0. The van der Waals surface area contributed by atoms with Gasteiger partial charge < -0.3 is 19.7 Å². The van der Waals surface area contributed by atoms with E-state index in [1.54, 1.807) is 31.4 Å². The first-order valence-electron chi connectivity index (χ1n) is 8.21. The Kier molecular flexibility index (Phi) is 6.96. The molecule has 0 aliphatic carbocycles. The number of aromatic hydroxyl groups is 2. The van der Waals surface area contributed by atoms with Crippen molar-refractivity contribution < 1.29 is 19.7 Å². The van der Waals surface area contributed by atoms with Gasteiger partial charge in [0.1, 0.15) is 11.5 Å². The van der Waals surface area contributed by atoms with Gasteiger partial charge in [-0.2, -0.15) is 0 Å². The van der Waals surface area contributed by atoms with Crippen LogP contribution in [0.2, 0.25) is 0 Å². The fraction of sp³-hybridized carbons (Fsp3) is 0.238. The summed E-state index contributed by atoms with van der Waals surface area (Å²) < 4.78 is 10.2. The van der Waals surface area contributed by atoms with Crippen LogP contribution in [0.4, 0.5) is 0 Å². The monoisotopic (exact) mass is 340 g/mol. The van der Waals surface area contributed by atoms with E-state index in [0.717, 1.165) is 36.1 Å². The second kappa shape index (κ2) is 9.42. The second-order valence-corrected chi connectivity index (χ2v) is 5.59. The number of unbranched alkanes of at least 4 members (excludes halogenated alkanes) is 2. The molecule has 0 fully saturated rings. The van der Waals surface area contributed by atoms with Gasteiger partial charge in [0.25, 0.3) is 0 Å². The van der Waals surface area contributed by atoms with Gasteiger partial charge in [0.2, 0.25) is 0 Å². The number of phenolic OH excluding ortho intramolecular Hbond substituents is 2. The van der Waals surface area contributed by atoms with E-state index in [0.29, 0.717) is 5.75 Å². The summed E-state index contributed by atoms with van der Waals surface area (Å²) in [5.74, 6) is 1.59. The molecule has 2 rings (SSSR count). The van der Waals surface area contributed by atoms with Gasteiger partial charge in [-0.15, -0.1) is 0 Å². The average molecular weight is 340 g/mol. The molecule has 0 heterocycles. The molecule has 0 radical (unpaired) electrons. The highest BCUT2D eigenvalue weighted by atomic mass is 16.5. The third-order valence-corrected chi connectivity index (χ3v) is 3.79. The maximum atomic E-state index is 9.81. The maximum Gasteiger partial charge on any atom is 0.161 e. The predicted molar refractivity (Wildman–Crippen MR) is 101 cm³/mol. The van der Waals surface area contributed by atoms with Gasteiger partial charge in [0.15, 0.2) is 11.5 Å². The van der Waals surface area contributed by atoms with E-state index in [1.165, 1.54) is 7.11 Å². The Labute approximate surface area is 148 Å². The first kappa shape index (κ1) is 18.5. The Morgan fingerprint density at radius 3 is 2.28 bits per heavy atom. The zero-order valence-electron chi connectivity index (χ0n) is 14.6. The van der Waals surface area contributed by atoms with E-state index >= 15 is 0 Å². The molecule has 0 amide bonds. The van der Waals surface area contributed by atoms with E-state index in [4.69, 9.17) is 9.47 Å². The average Bonchev–Trinajstić information content (AvgIpc) is 2.63. The first-order chi connectivity index (χ1) is 12.1. The number of hydrogen-bond acceptors (Lipinski definition) is 4. The smallest absolute Gasteiger partial charge is 0.161 e. The predicted octanol–water partition coefficient (Wildman–Crippen LogP) is 5.01. The minimum atomic E-state index is 0.144.